The van der Waals surface area contributed by atoms with Gasteiger partial charge in [0.25, 0.3) is 0 Å². The number of alkyl halides is 2. The normalized spacial score (nSPS) is 16.5. The van der Waals surface area contributed by atoms with Crippen LogP contribution in [-0.2, 0) is 4.79 Å². The quantitative estimate of drug-likeness (QED) is 0.0761. The minimum absolute atomic E-state index is 0.197. The van der Waals surface area contributed by atoms with E-state index in [9.17, 15) is 9.90 Å². The maximum atomic E-state index is 15.1. The first-order chi connectivity index (χ1) is 17.1. The highest BCUT2D eigenvalue weighted by molar-refractivity contribution is 14.2. The van der Waals surface area contributed by atoms with Crippen LogP contribution < -0.4 is 4.90 Å². The molecule has 11 heteroatoms. The van der Waals surface area contributed by atoms with E-state index >= 15 is 4.39 Å². The Kier molecular flexibility index (Phi) is 13.0. The maximum Gasteiger partial charge on any atom is 0.224 e. The summed E-state index contributed by atoms with van der Waals surface area (Å²) < 4.78 is 14.3. The van der Waals surface area contributed by atoms with E-state index in [2.05, 4.69) is 71.6 Å². The fraction of sp³-hybridized carbons (Fsp3) is 0.440. The van der Waals surface area contributed by atoms with E-state index in [-0.39, 0.29) is 5.92 Å². The molecule has 1 amide bonds. The van der Waals surface area contributed by atoms with Crippen molar-refractivity contribution in [2.45, 2.75) is 34.7 Å². The van der Waals surface area contributed by atoms with Gasteiger partial charge in [0.15, 0.2) is 1.61 Å². The van der Waals surface area contributed by atoms with Crippen LogP contribution in [0.4, 0.5) is 10.2 Å². The van der Waals surface area contributed by atoms with Gasteiger partial charge in [0.1, 0.15) is 10.9 Å². The Bertz CT molecular complexity index is 1030. The van der Waals surface area contributed by atoms with Crippen LogP contribution in [0.2, 0.25) is 0 Å². The number of anilines is 1. The summed E-state index contributed by atoms with van der Waals surface area (Å²) >= 11 is 5.49. The molecule has 0 radical (unpaired) electrons. The van der Waals surface area contributed by atoms with E-state index < -0.39 is 7.56 Å². The van der Waals surface area contributed by atoms with Crippen molar-refractivity contribution in [1.29, 1.82) is 0 Å². The van der Waals surface area contributed by atoms with E-state index in [1.165, 1.54) is 11.8 Å². The van der Waals surface area contributed by atoms with Crippen molar-refractivity contribution in [1.82, 2.24) is 9.88 Å². The lowest BCUT2D eigenvalue weighted by Gasteiger charge is -2.36. The standard InChI is InChI=1S/C25H32FI2N5O2S/c1-5-12-29-16-18(3)33(17-34)15-11-20(6-2)30-24(36-4)21-7-8-22(31-23(21)26)32-13-9-19(10-14-32)25(27,28)35/h5-8,12,16-17,19,35H,1,9-11,13-15H2,2-4H3/b18-16+,20-6+,29-12-,30-24-. The molecule has 0 aromatic carbocycles. The molecular formula is C25H32FI2N5O2S. The average Bonchev–Trinajstić information content (AvgIpc) is 2.86. The van der Waals surface area contributed by atoms with Crippen molar-refractivity contribution in [2.75, 3.05) is 30.8 Å². The number of carbonyl (C=O) groups is 1. The first-order valence-corrected chi connectivity index (χ1v) is 14.9. The molecule has 0 aliphatic carbocycles. The van der Waals surface area contributed by atoms with E-state index in [4.69, 9.17) is 0 Å². The molecule has 0 saturated carbocycles. The highest BCUT2D eigenvalue weighted by Gasteiger charge is 2.34. The molecule has 1 aliphatic rings. The number of piperidine rings is 1. The SMILES string of the molecule is C=C/C=N\C=C(/C)N(C=O)CCC(=C\C)/N=C(\SC)c1ccc(N2CCC(C(O)(I)I)CC2)nc1F. The number of halogens is 3. The first-order valence-electron chi connectivity index (χ1n) is 11.5. The third kappa shape index (κ3) is 9.21. The molecule has 1 saturated heterocycles. The minimum atomic E-state index is -0.768. The Labute approximate surface area is 244 Å². The van der Waals surface area contributed by atoms with Crippen LogP contribution in [0.15, 0.2) is 58.4 Å². The summed E-state index contributed by atoms with van der Waals surface area (Å²) in [6.45, 7) is 9.09. The van der Waals surface area contributed by atoms with Gasteiger partial charge in [0, 0.05) is 55.8 Å². The van der Waals surface area contributed by atoms with E-state index in [1.54, 1.807) is 36.4 Å². The molecule has 7 nitrogen and oxygen atoms in total. The van der Waals surface area contributed by atoms with Gasteiger partial charge >= 0.3 is 0 Å². The third-order valence-corrected chi connectivity index (χ3v) is 8.25. The Morgan fingerprint density at radius 3 is 2.64 bits per heavy atom. The molecule has 2 heterocycles. The number of aromatic nitrogens is 1. The topological polar surface area (TPSA) is 81.4 Å². The first kappa shape index (κ1) is 30.9. The number of hydrogen-bond donors (Lipinski definition) is 1. The Morgan fingerprint density at radius 1 is 1.42 bits per heavy atom. The van der Waals surface area contributed by atoms with Crippen molar-refractivity contribution >= 4 is 80.4 Å². The highest BCUT2D eigenvalue weighted by atomic mass is 127. The predicted octanol–water partition coefficient (Wildman–Crippen LogP) is 5.93. The summed E-state index contributed by atoms with van der Waals surface area (Å²) in [5, 5.41) is 10.8. The molecule has 1 aromatic heterocycles. The molecule has 0 bridgehead atoms. The molecule has 1 aromatic rings. The molecule has 0 atom stereocenters. The highest BCUT2D eigenvalue weighted by Crippen LogP contribution is 2.39. The van der Waals surface area contributed by atoms with E-state index in [1.807, 2.05) is 25.3 Å². The molecule has 196 valence electrons. The maximum absolute atomic E-state index is 15.1. The van der Waals surface area contributed by atoms with Crippen LogP contribution in [-0.4, -0.2) is 60.2 Å². The molecule has 2 rings (SSSR count). The fourth-order valence-electron chi connectivity index (χ4n) is 3.66. The number of rotatable bonds is 11. The van der Waals surface area contributed by atoms with Gasteiger partial charge in [-0.1, -0.05) is 18.7 Å². The number of aliphatic hydroxyl groups is 1. The van der Waals surface area contributed by atoms with Gasteiger partial charge in [-0.2, -0.15) is 4.39 Å². The lowest BCUT2D eigenvalue weighted by Crippen LogP contribution is -2.39. The molecule has 1 fully saturated rings. The molecule has 0 unspecified atom stereocenters. The number of amides is 1. The molecule has 1 aliphatic heterocycles. The number of carbonyl (C=O) groups excluding carboxylic acids is 1. The molecule has 0 spiro atoms. The van der Waals surface area contributed by atoms with E-state index in [0.717, 1.165) is 38.0 Å². The van der Waals surface area contributed by atoms with Crippen LogP contribution in [0.25, 0.3) is 0 Å². The molecule has 1 N–H and O–H groups in total. The zero-order valence-corrected chi connectivity index (χ0v) is 25.8. The Morgan fingerprint density at radius 2 is 2.11 bits per heavy atom. The van der Waals surface area contributed by atoms with Crippen molar-refractivity contribution in [3.05, 3.63) is 60.0 Å². The Hall–Kier alpha value is -1.32. The summed E-state index contributed by atoms with van der Waals surface area (Å²) in [6, 6.07) is 3.55. The second kappa shape index (κ2) is 15.2. The largest absolute Gasteiger partial charge is 0.370 e. The van der Waals surface area contributed by atoms with Crippen LogP contribution in [0.1, 0.15) is 38.7 Å². The van der Waals surface area contributed by atoms with Gasteiger partial charge in [-0.3, -0.25) is 9.79 Å². The smallest absolute Gasteiger partial charge is 0.224 e. The number of hydrogen-bond acceptors (Lipinski definition) is 7. The number of aliphatic imine (C=N–C) groups is 2. The van der Waals surface area contributed by atoms with Gasteiger partial charge in [-0.05, 0) is 90.3 Å². The number of thioether (sulfide) groups is 1. The lowest BCUT2D eigenvalue weighted by molar-refractivity contribution is -0.116. The second-order valence-corrected chi connectivity index (χ2v) is 14.3. The van der Waals surface area contributed by atoms with Crippen LogP contribution in [0, 0.1) is 11.9 Å². The fourth-order valence-corrected chi connectivity index (χ4v) is 5.49. The average molecular weight is 739 g/mol. The third-order valence-electron chi connectivity index (χ3n) is 5.79. The monoisotopic (exact) mass is 739 g/mol. The zero-order chi connectivity index (χ0) is 26.7. The van der Waals surface area contributed by atoms with Crippen molar-refractivity contribution in [2.24, 2.45) is 15.9 Å². The second-order valence-electron chi connectivity index (χ2n) is 8.11. The molecule has 36 heavy (non-hydrogen) atoms. The van der Waals surface area contributed by atoms with Crippen molar-refractivity contribution in [3.63, 3.8) is 0 Å². The number of pyridine rings is 1. The van der Waals surface area contributed by atoms with Gasteiger partial charge < -0.3 is 14.9 Å². The van der Waals surface area contributed by atoms with Crippen LogP contribution in [0.5, 0.6) is 0 Å². The molecular weight excluding hydrogens is 707 g/mol. The van der Waals surface area contributed by atoms with Gasteiger partial charge in [0.05, 0.1) is 5.56 Å². The van der Waals surface area contributed by atoms with Gasteiger partial charge in [-0.25, -0.2) is 9.98 Å². The summed E-state index contributed by atoms with van der Waals surface area (Å²) in [6.07, 6.45) is 11.3. The van der Waals surface area contributed by atoms with Gasteiger partial charge in [-0.15, -0.1) is 11.8 Å². The summed E-state index contributed by atoms with van der Waals surface area (Å²) in [5.41, 5.74) is 1.78. The lowest BCUT2D eigenvalue weighted by atomic mass is 9.98. The summed E-state index contributed by atoms with van der Waals surface area (Å²) in [4.78, 5) is 28.1. The minimum Gasteiger partial charge on any atom is -0.370 e. The van der Waals surface area contributed by atoms with E-state index in [0.29, 0.717) is 35.1 Å². The summed E-state index contributed by atoms with van der Waals surface area (Å²) in [7, 11) is 0. The van der Waals surface area contributed by atoms with Crippen molar-refractivity contribution < 1.29 is 14.3 Å². The predicted molar refractivity (Wildman–Crippen MR) is 166 cm³/mol. The Balaban J connectivity index is 2.12. The number of allylic oxidation sites excluding steroid dienone is 3. The summed E-state index contributed by atoms with van der Waals surface area (Å²) in [5.74, 6) is 0.226. The van der Waals surface area contributed by atoms with Crippen LogP contribution in [0.3, 0.4) is 0 Å². The number of nitrogens with zero attached hydrogens (tertiary/aromatic N) is 5. The van der Waals surface area contributed by atoms with Crippen molar-refractivity contribution in [3.8, 4) is 0 Å². The van der Waals surface area contributed by atoms with Gasteiger partial charge in [0.2, 0.25) is 12.4 Å². The van der Waals surface area contributed by atoms with Crippen LogP contribution >= 0.6 is 56.9 Å². The zero-order valence-electron chi connectivity index (χ0n) is 20.7.